The lowest BCUT2D eigenvalue weighted by Gasteiger charge is -2.35. The van der Waals surface area contributed by atoms with Gasteiger partial charge in [-0.1, -0.05) is 6.07 Å². The molecule has 2 aromatic rings. The minimum Gasteiger partial charge on any atom is -0.493 e. The first-order chi connectivity index (χ1) is 11.7. The van der Waals surface area contributed by atoms with Gasteiger partial charge in [0.2, 0.25) is 0 Å². The van der Waals surface area contributed by atoms with Crippen LogP contribution in [-0.2, 0) is 0 Å². The number of aryl methyl sites for hydroxylation is 1. The number of carbonyl (C=O) groups excluding carboxylic acids is 1. The zero-order chi connectivity index (χ0) is 17.1. The monoisotopic (exact) mass is 346 g/mol. The summed E-state index contributed by atoms with van der Waals surface area (Å²) in [5.74, 6) is 1.04. The van der Waals surface area contributed by atoms with Crippen LogP contribution in [-0.4, -0.2) is 36.6 Å². The molecule has 128 valence electrons. The highest BCUT2D eigenvalue weighted by molar-refractivity contribution is 7.09. The Morgan fingerprint density at radius 3 is 2.79 bits per heavy atom. The van der Waals surface area contributed by atoms with Crippen LogP contribution in [0.5, 0.6) is 11.5 Å². The molecule has 6 heteroatoms. The first-order valence-corrected chi connectivity index (χ1v) is 8.97. The molecular weight excluding hydrogens is 324 g/mol. The van der Waals surface area contributed by atoms with E-state index in [9.17, 15) is 4.79 Å². The molecule has 1 aliphatic rings. The molecule has 1 atom stereocenters. The Morgan fingerprint density at radius 2 is 2.12 bits per heavy atom. The largest absolute Gasteiger partial charge is 0.493 e. The zero-order valence-electron chi connectivity index (χ0n) is 14.2. The summed E-state index contributed by atoms with van der Waals surface area (Å²) < 4.78 is 10.8. The second kappa shape index (κ2) is 7.21. The number of hydrogen-bond acceptors (Lipinski definition) is 5. The van der Waals surface area contributed by atoms with Crippen molar-refractivity contribution in [2.45, 2.75) is 32.2 Å². The third-order valence-electron chi connectivity index (χ3n) is 4.32. The molecular formula is C18H22N2O3S. The molecule has 1 aromatic carbocycles. The van der Waals surface area contributed by atoms with Crippen molar-refractivity contribution in [1.29, 1.82) is 0 Å². The Balaban J connectivity index is 1.95. The van der Waals surface area contributed by atoms with Crippen LogP contribution in [0.4, 0.5) is 0 Å². The molecule has 1 amide bonds. The number of amides is 1. The molecule has 0 radical (unpaired) electrons. The number of aromatic nitrogens is 1. The van der Waals surface area contributed by atoms with Crippen LogP contribution >= 0.6 is 11.3 Å². The Morgan fingerprint density at radius 1 is 1.29 bits per heavy atom. The van der Waals surface area contributed by atoms with Gasteiger partial charge >= 0.3 is 0 Å². The third-order valence-corrected chi connectivity index (χ3v) is 5.38. The first-order valence-electron chi connectivity index (χ1n) is 8.09. The molecule has 3 rings (SSSR count). The number of para-hydroxylation sites is 1. The number of likely N-dealkylation sites (tertiary alicyclic amines) is 1. The lowest BCUT2D eigenvalue weighted by molar-refractivity contribution is 0.0607. The highest BCUT2D eigenvalue weighted by Crippen LogP contribution is 2.37. The van der Waals surface area contributed by atoms with E-state index >= 15 is 0 Å². The van der Waals surface area contributed by atoms with E-state index < -0.39 is 0 Å². The average molecular weight is 346 g/mol. The maximum Gasteiger partial charge on any atom is 0.258 e. The number of methoxy groups -OCH3 is 2. The fourth-order valence-electron chi connectivity index (χ4n) is 3.17. The van der Waals surface area contributed by atoms with E-state index in [-0.39, 0.29) is 11.9 Å². The van der Waals surface area contributed by atoms with E-state index in [0.29, 0.717) is 17.1 Å². The van der Waals surface area contributed by atoms with Crippen LogP contribution in [0.2, 0.25) is 0 Å². The van der Waals surface area contributed by atoms with Crippen molar-refractivity contribution < 1.29 is 14.3 Å². The van der Waals surface area contributed by atoms with E-state index in [1.54, 1.807) is 37.7 Å². The van der Waals surface area contributed by atoms with Crippen molar-refractivity contribution in [2.75, 3.05) is 20.8 Å². The lowest BCUT2D eigenvalue weighted by atomic mass is 10.0. The molecule has 24 heavy (non-hydrogen) atoms. The van der Waals surface area contributed by atoms with Crippen LogP contribution in [0.25, 0.3) is 0 Å². The van der Waals surface area contributed by atoms with E-state index in [0.717, 1.165) is 36.5 Å². The molecule has 0 spiro atoms. The summed E-state index contributed by atoms with van der Waals surface area (Å²) in [6, 6.07) is 5.46. The Labute approximate surface area is 146 Å². The number of piperidine rings is 1. The number of thiazole rings is 1. The predicted molar refractivity (Wildman–Crippen MR) is 94.0 cm³/mol. The van der Waals surface area contributed by atoms with Crippen molar-refractivity contribution in [1.82, 2.24) is 9.88 Å². The second-order valence-electron chi connectivity index (χ2n) is 5.88. The van der Waals surface area contributed by atoms with Gasteiger partial charge in [0.15, 0.2) is 11.5 Å². The van der Waals surface area contributed by atoms with E-state index in [1.165, 1.54) is 0 Å². The third kappa shape index (κ3) is 3.11. The molecule has 1 fully saturated rings. The van der Waals surface area contributed by atoms with Crippen LogP contribution in [0.3, 0.4) is 0 Å². The van der Waals surface area contributed by atoms with Crippen molar-refractivity contribution in [3.05, 3.63) is 39.8 Å². The summed E-state index contributed by atoms with van der Waals surface area (Å²) in [4.78, 5) is 19.7. The van der Waals surface area contributed by atoms with Gasteiger partial charge in [0.1, 0.15) is 5.01 Å². The van der Waals surface area contributed by atoms with Gasteiger partial charge in [0.05, 0.1) is 25.8 Å². The molecule has 0 unspecified atom stereocenters. The SMILES string of the molecule is COc1cccc(C(=O)N2CCCC[C@H]2c2nc(C)cs2)c1OC. The number of carbonyl (C=O) groups is 1. The number of hydrogen-bond donors (Lipinski definition) is 0. The number of rotatable bonds is 4. The number of ether oxygens (including phenoxy) is 2. The fourth-order valence-corrected chi connectivity index (χ4v) is 4.11. The standard InChI is InChI=1S/C18H22N2O3S/c1-12-11-24-17(19-12)14-8-4-5-10-20(14)18(21)13-7-6-9-15(22-2)16(13)23-3/h6-7,9,11,14H,4-5,8,10H2,1-3H3/t14-/m0/s1. The van der Waals surface area contributed by atoms with Gasteiger partial charge < -0.3 is 14.4 Å². The van der Waals surface area contributed by atoms with Gasteiger partial charge in [-0.05, 0) is 38.3 Å². The predicted octanol–water partition coefficient (Wildman–Crippen LogP) is 3.84. The van der Waals surface area contributed by atoms with Gasteiger partial charge in [0, 0.05) is 17.6 Å². The summed E-state index contributed by atoms with van der Waals surface area (Å²) in [6.07, 6.45) is 3.08. The lowest BCUT2D eigenvalue weighted by Crippen LogP contribution is -2.38. The van der Waals surface area contributed by atoms with Crippen LogP contribution in [0, 0.1) is 6.92 Å². The minimum atomic E-state index is -0.0247. The second-order valence-corrected chi connectivity index (χ2v) is 6.77. The first kappa shape index (κ1) is 16.8. The average Bonchev–Trinajstić information content (AvgIpc) is 3.06. The smallest absolute Gasteiger partial charge is 0.258 e. The van der Waals surface area contributed by atoms with E-state index in [4.69, 9.17) is 9.47 Å². The summed E-state index contributed by atoms with van der Waals surface area (Å²) in [5.41, 5.74) is 1.55. The maximum absolute atomic E-state index is 13.2. The molecule has 1 saturated heterocycles. The van der Waals surface area contributed by atoms with E-state index in [1.807, 2.05) is 23.3 Å². The number of nitrogens with zero attached hydrogens (tertiary/aromatic N) is 2. The maximum atomic E-state index is 13.2. The van der Waals surface area contributed by atoms with Gasteiger partial charge in [-0.2, -0.15) is 0 Å². The summed E-state index contributed by atoms with van der Waals surface area (Å²) in [7, 11) is 3.14. The molecule has 5 nitrogen and oxygen atoms in total. The van der Waals surface area contributed by atoms with Crippen LogP contribution in [0.15, 0.2) is 23.6 Å². The highest BCUT2D eigenvalue weighted by Gasteiger charge is 2.32. The van der Waals surface area contributed by atoms with Crippen LogP contribution < -0.4 is 9.47 Å². The van der Waals surface area contributed by atoms with Gasteiger partial charge in [0.25, 0.3) is 5.91 Å². The molecule has 1 aliphatic heterocycles. The normalized spacial score (nSPS) is 17.6. The fraction of sp³-hybridized carbons (Fsp3) is 0.444. The summed E-state index contributed by atoms with van der Waals surface area (Å²) in [5, 5.41) is 3.06. The van der Waals surface area contributed by atoms with E-state index in [2.05, 4.69) is 4.98 Å². The minimum absolute atomic E-state index is 0.0247. The molecule has 0 saturated carbocycles. The van der Waals surface area contributed by atoms with Crippen molar-refractivity contribution in [2.24, 2.45) is 0 Å². The Bertz CT molecular complexity index is 729. The molecule has 1 aromatic heterocycles. The number of benzene rings is 1. The van der Waals surface area contributed by atoms with Crippen molar-refractivity contribution >= 4 is 17.2 Å². The zero-order valence-corrected chi connectivity index (χ0v) is 15.1. The Kier molecular flexibility index (Phi) is 5.04. The molecule has 0 aliphatic carbocycles. The topological polar surface area (TPSA) is 51.7 Å². The highest BCUT2D eigenvalue weighted by atomic mass is 32.1. The van der Waals surface area contributed by atoms with Crippen LogP contribution in [0.1, 0.15) is 46.4 Å². The van der Waals surface area contributed by atoms with Gasteiger partial charge in [-0.3, -0.25) is 4.79 Å². The van der Waals surface area contributed by atoms with Gasteiger partial charge in [-0.25, -0.2) is 4.98 Å². The molecule has 2 heterocycles. The van der Waals surface area contributed by atoms with Crippen molar-refractivity contribution in [3.8, 4) is 11.5 Å². The summed E-state index contributed by atoms with van der Waals surface area (Å²) >= 11 is 1.63. The molecule has 0 bridgehead atoms. The summed E-state index contributed by atoms with van der Waals surface area (Å²) in [6.45, 7) is 2.72. The van der Waals surface area contributed by atoms with Gasteiger partial charge in [-0.15, -0.1) is 11.3 Å². The van der Waals surface area contributed by atoms with Crippen molar-refractivity contribution in [3.63, 3.8) is 0 Å². The molecule has 0 N–H and O–H groups in total. The Hall–Kier alpha value is -2.08. The quantitative estimate of drug-likeness (QED) is 0.844.